The quantitative estimate of drug-likeness (QED) is 0.558. The molecule has 0 radical (unpaired) electrons. The number of halogens is 5. The molecule has 0 aliphatic carbocycles. The van der Waals surface area contributed by atoms with E-state index in [0.717, 1.165) is 6.92 Å². The average molecular weight is 196 g/mol. The summed E-state index contributed by atoms with van der Waals surface area (Å²) in [5.74, 6) is -2.72. The summed E-state index contributed by atoms with van der Waals surface area (Å²) in [6.07, 6.45) is -4.64. The van der Waals surface area contributed by atoms with Crippen LogP contribution in [0, 0.1) is 18.6 Å². The van der Waals surface area contributed by atoms with Crippen LogP contribution in [0.2, 0.25) is 0 Å². The predicted molar refractivity (Wildman–Crippen MR) is 36.1 cm³/mol. The molecule has 0 N–H and O–H groups in total. The van der Waals surface area contributed by atoms with E-state index in [1.165, 1.54) is 0 Å². The molecular weight excluding hydrogens is 191 g/mol. The van der Waals surface area contributed by atoms with Gasteiger partial charge in [-0.3, -0.25) is 0 Å². The maximum absolute atomic E-state index is 12.6. The summed E-state index contributed by atoms with van der Waals surface area (Å²) < 4.78 is 61.3. The van der Waals surface area contributed by atoms with Gasteiger partial charge in [-0.2, -0.15) is 13.2 Å². The Labute approximate surface area is 71.0 Å². The maximum atomic E-state index is 12.6. The highest BCUT2D eigenvalue weighted by atomic mass is 19.4. The Hall–Kier alpha value is -1.13. The van der Waals surface area contributed by atoms with Gasteiger partial charge in [-0.15, -0.1) is 0 Å². The van der Waals surface area contributed by atoms with Gasteiger partial charge in [0.05, 0.1) is 5.56 Å². The summed E-state index contributed by atoms with van der Waals surface area (Å²) in [7, 11) is 0. The lowest BCUT2D eigenvalue weighted by Gasteiger charge is -2.10. The molecule has 0 aromatic heterocycles. The topological polar surface area (TPSA) is 0 Å². The summed E-state index contributed by atoms with van der Waals surface area (Å²) in [5, 5.41) is 0. The van der Waals surface area contributed by atoms with Crippen molar-refractivity contribution in [2.45, 2.75) is 13.1 Å². The summed E-state index contributed by atoms with van der Waals surface area (Å²) in [5.41, 5.74) is -1.86. The lowest BCUT2D eigenvalue weighted by atomic mass is 10.1. The van der Waals surface area contributed by atoms with Gasteiger partial charge >= 0.3 is 6.18 Å². The number of alkyl halides is 3. The Morgan fingerprint density at radius 3 is 2.08 bits per heavy atom. The first-order valence-corrected chi connectivity index (χ1v) is 3.36. The minimum absolute atomic E-state index is 0.463. The third-order valence-corrected chi connectivity index (χ3v) is 1.64. The molecule has 0 saturated heterocycles. The van der Waals surface area contributed by atoms with Crippen LogP contribution in [0.4, 0.5) is 22.0 Å². The van der Waals surface area contributed by atoms with Crippen LogP contribution in [-0.4, -0.2) is 0 Å². The lowest BCUT2D eigenvalue weighted by Crippen LogP contribution is -2.09. The molecule has 0 aliphatic heterocycles. The second kappa shape index (κ2) is 2.97. The second-order valence-electron chi connectivity index (χ2n) is 2.53. The van der Waals surface area contributed by atoms with E-state index in [0.29, 0.717) is 12.1 Å². The fourth-order valence-corrected chi connectivity index (χ4v) is 0.959. The van der Waals surface area contributed by atoms with E-state index in [9.17, 15) is 22.0 Å². The molecule has 0 spiro atoms. The van der Waals surface area contributed by atoms with E-state index in [2.05, 4.69) is 0 Å². The van der Waals surface area contributed by atoms with E-state index in [4.69, 9.17) is 0 Å². The molecular formula is C8H5F5. The van der Waals surface area contributed by atoms with E-state index in [-0.39, 0.29) is 0 Å². The van der Waals surface area contributed by atoms with Gasteiger partial charge < -0.3 is 0 Å². The third kappa shape index (κ3) is 1.79. The highest BCUT2D eigenvalue weighted by Gasteiger charge is 2.33. The minimum atomic E-state index is -4.64. The summed E-state index contributed by atoms with van der Waals surface area (Å²) in [4.78, 5) is 0. The van der Waals surface area contributed by atoms with Gasteiger partial charge in [-0.05, 0) is 24.6 Å². The number of rotatable bonds is 0. The fourth-order valence-electron chi connectivity index (χ4n) is 0.959. The van der Waals surface area contributed by atoms with Crippen LogP contribution in [0.25, 0.3) is 0 Å². The van der Waals surface area contributed by atoms with Gasteiger partial charge in [0, 0.05) is 0 Å². The van der Waals surface area contributed by atoms with Crippen molar-refractivity contribution in [1.29, 1.82) is 0 Å². The molecule has 0 bridgehead atoms. The van der Waals surface area contributed by atoms with Gasteiger partial charge in [-0.1, -0.05) is 0 Å². The first-order valence-electron chi connectivity index (χ1n) is 3.36. The van der Waals surface area contributed by atoms with Gasteiger partial charge in [0.2, 0.25) is 0 Å². The van der Waals surface area contributed by atoms with Gasteiger partial charge in [0.1, 0.15) is 0 Å². The largest absolute Gasteiger partial charge is 0.416 e. The van der Waals surface area contributed by atoms with Crippen LogP contribution in [0.1, 0.15) is 11.1 Å². The Bertz CT molecular complexity index is 326. The Morgan fingerprint density at radius 2 is 1.62 bits per heavy atom. The standard InChI is InChI=1S/C8H5F5/c1-4-5(8(11,12)13)2-3-6(9)7(4)10/h2-3H,1H3. The van der Waals surface area contributed by atoms with Crippen LogP contribution in [-0.2, 0) is 6.18 Å². The number of benzene rings is 1. The van der Waals surface area contributed by atoms with Crippen LogP contribution in [0.5, 0.6) is 0 Å². The van der Waals surface area contributed by atoms with Crippen LogP contribution < -0.4 is 0 Å². The highest BCUT2D eigenvalue weighted by molar-refractivity contribution is 5.30. The molecule has 1 aromatic rings. The molecule has 0 saturated carbocycles. The van der Waals surface area contributed by atoms with Crippen molar-refractivity contribution < 1.29 is 22.0 Å². The predicted octanol–water partition coefficient (Wildman–Crippen LogP) is 3.29. The van der Waals surface area contributed by atoms with E-state index in [1.807, 2.05) is 0 Å². The van der Waals surface area contributed by atoms with Crippen molar-refractivity contribution in [1.82, 2.24) is 0 Å². The summed E-state index contributed by atoms with van der Waals surface area (Å²) in [6.45, 7) is 0.890. The molecule has 0 heterocycles. The smallest absolute Gasteiger partial charge is 0.204 e. The van der Waals surface area contributed by atoms with Crippen LogP contribution in [0.3, 0.4) is 0 Å². The highest BCUT2D eigenvalue weighted by Crippen LogP contribution is 2.33. The van der Waals surface area contributed by atoms with E-state index < -0.39 is 28.9 Å². The van der Waals surface area contributed by atoms with Crippen molar-refractivity contribution in [2.75, 3.05) is 0 Å². The second-order valence-corrected chi connectivity index (χ2v) is 2.53. The molecule has 1 aromatic carbocycles. The van der Waals surface area contributed by atoms with Crippen molar-refractivity contribution in [3.63, 3.8) is 0 Å². The monoisotopic (exact) mass is 196 g/mol. The van der Waals surface area contributed by atoms with E-state index in [1.54, 1.807) is 0 Å². The zero-order valence-corrected chi connectivity index (χ0v) is 6.54. The zero-order valence-electron chi connectivity index (χ0n) is 6.54. The molecule has 1 rings (SSSR count). The Balaban J connectivity index is 3.35. The molecule has 0 aliphatic rings. The molecule has 0 atom stereocenters. The van der Waals surface area contributed by atoms with Crippen molar-refractivity contribution >= 4 is 0 Å². The van der Waals surface area contributed by atoms with E-state index >= 15 is 0 Å². The average Bonchev–Trinajstić information content (AvgIpc) is 1.98. The first kappa shape index (κ1) is 9.95. The zero-order chi connectivity index (χ0) is 10.2. The van der Waals surface area contributed by atoms with Crippen molar-refractivity contribution in [2.24, 2.45) is 0 Å². The van der Waals surface area contributed by atoms with Gasteiger partial charge in [0.25, 0.3) is 0 Å². The van der Waals surface area contributed by atoms with Crippen molar-refractivity contribution in [3.05, 3.63) is 34.9 Å². The normalized spacial score (nSPS) is 11.8. The molecule has 72 valence electrons. The lowest BCUT2D eigenvalue weighted by molar-refractivity contribution is -0.138. The van der Waals surface area contributed by atoms with Crippen molar-refractivity contribution in [3.8, 4) is 0 Å². The van der Waals surface area contributed by atoms with Gasteiger partial charge in [-0.25, -0.2) is 8.78 Å². The molecule has 0 fully saturated rings. The van der Waals surface area contributed by atoms with Crippen LogP contribution >= 0.6 is 0 Å². The summed E-state index contributed by atoms with van der Waals surface area (Å²) in [6, 6.07) is 0.985. The Morgan fingerprint density at radius 1 is 1.08 bits per heavy atom. The fraction of sp³-hybridized carbons (Fsp3) is 0.250. The molecule has 0 nitrogen and oxygen atoms in total. The van der Waals surface area contributed by atoms with Crippen LogP contribution in [0.15, 0.2) is 12.1 Å². The summed E-state index contributed by atoms with van der Waals surface area (Å²) >= 11 is 0. The number of hydrogen-bond donors (Lipinski definition) is 0. The minimum Gasteiger partial charge on any atom is -0.204 e. The third-order valence-electron chi connectivity index (χ3n) is 1.64. The van der Waals surface area contributed by atoms with Gasteiger partial charge in [0.15, 0.2) is 11.6 Å². The maximum Gasteiger partial charge on any atom is 0.416 e. The Kier molecular flexibility index (Phi) is 2.28. The molecule has 5 heteroatoms. The number of hydrogen-bond acceptors (Lipinski definition) is 0. The molecule has 0 unspecified atom stereocenters. The first-order chi connectivity index (χ1) is 5.84. The SMILES string of the molecule is Cc1c(C(F)(F)F)ccc(F)c1F. The molecule has 13 heavy (non-hydrogen) atoms. The molecule has 0 amide bonds.